The van der Waals surface area contributed by atoms with Gasteiger partial charge in [-0.25, -0.2) is 0 Å². The summed E-state index contributed by atoms with van der Waals surface area (Å²) in [6, 6.07) is 21.2. The highest BCUT2D eigenvalue weighted by Crippen LogP contribution is 2.56. The molecule has 0 spiro atoms. The molecule has 0 aromatic heterocycles. The van der Waals surface area contributed by atoms with Crippen molar-refractivity contribution in [3.8, 4) is 0 Å². The van der Waals surface area contributed by atoms with Crippen LogP contribution < -0.4 is 0 Å². The molecule has 3 atom stereocenters. The SMILES string of the molecule is CSC1OC(c2ccccc2)(c2ccccc2)C1CCOC1CCCCO1. The van der Waals surface area contributed by atoms with E-state index in [9.17, 15) is 0 Å². The van der Waals surface area contributed by atoms with E-state index in [-0.39, 0.29) is 11.7 Å². The molecule has 2 aromatic carbocycles. The van der Waals surface area contributed by atoms with E-state index in [0.717, 1.165) is 25.9 Å². The summed E-state index contributed by atoms with van der Waals surface area (Å²) in [5.41, 5.74) is 2.23. The molecule has 2 aliphatic heterocycles. The zero-order chi connectivity index (χ0) is 18.5. The van der Waals surface area contributed by atoms with Crippen molar-refractivity contribution in [1.82, 2.24) is 0 Å². The molecular formula is C23H28O3S. The molecule has 0 N–H and O–H groups in total. The van der Waals surface area contributed by atoms with Crippen molar-refractivity contribution >= 4 is 11.8 Å². The standard InChI is InChI=1S/C23H28O3S/c1-27-22-20(15-17-25-21-14-8-9-16-24-21)23(26-22,18-10-4-2-5-11-18)19-12-6-3-7-13-19/h2-7,10-13,20-22H,8-9,14-17H2,1H3. The lowest BCUT2D eigenvalue weighted by Gasteiger charge is -2.55. The third-order valence-electron chi connectivity index (χ3n) is 5.66. The van der Waals surface area contributed by atoms with Crippen LogP contribution in [0.15, 0.2) is 60.7 Å². The van der Waals surface area contributed by atoms with E-state index >= 15 is 0 Å². The van der Waals surface area contributed by atoms with E-state index in [0.29, 0.717) is 12.5 Å². The fourth-order valence-corrected chi connectivity index (χ4v) is 5.20. The molecule has 3 nitrogen and oxygen atoms in total. The van der Waals surface area contributed by atoms with Crippen LogP contribution in [0.3, 0.4) is 0 Å². The van der Waals surface area contributed by atoms with Crippen LogP contribution >= 0.6 is 11.8 Å². The van der Waals surface area contributed by atoms with Crippen molar-refractivity contribution in [1.29, 1.82) is 0 Å². The molecule has 2 aliphatic rings. The van der Waals surface area contributed by atoms with Gasteiger partial charge in [0.25, 0.3) is 0 Å². The van der Waals surface area contributed by atoms with Crippen LogP contribution in [-0.4, -0.2) is 31.2 Å². The quantitative estimate of drug-likeness (QED) is 0.656. The highest BCUT2D eigenvalue weighted by Gasteiger charge is 2.56. The van der Waals surface area contributed by atoms with Gasteiger partial charge >= 0.3 is 0 Å². The number of hydrogen-bond acceptors (Lipinski definition) is 4. The lowest BCUT2D eigenvalue weighted by Crippen LogP contribution is -2.57. The van der Waals surface area contributed by atoms with Crippen molar-refractivity contribution in [2.75, 3.05) is 19.5 Å². The Labute approximate surface area is 166 Å². The van der Waals surface area contributed by atoms with E-state index in [4.69, 9.17) is 14.2 Å². The van der Waals surface area contributed by atoms with Crippen LogP contribution in [0.2, 0.25) is 0 Å². The molecule has 0 saturated carbocycles. The van der Waals surface area contributed by atoms with Gasteiger partial charge in [-0.15, -0.1) is 11.8 Å². The molecule has 0 aliphatic carbocycles. The third kappa shape index (κ3) is 3.81. The highest BCUT2D eigenvalue weighted by molar-refractivity contribution is 7.99. The van der Waals surface area contributed by atoms with E-state index in [1.54, 1.807) is 11.8 Å². The fraction of sp³-hybridized carbons (Fsp3) is 0.478. The monoisotopic (exact) mass is 384 g/mol. The van der Waals surface area contributed by atoms with Gasteiger partial charge in [0.1, 0.15) is 11.0 Å². The summed E-state index contributed by atoms with van der Waals surface area (Å²) < 4.78 is 18.4. The summed E-state index contributed by atoms with van der Waals surface area (Å²) in [5, 5.41) is 0. The van der Waals surface area contributed by atoms with Gasteiger partial charge in [-0.2, -0.15) is 0 Å². The summed E-state index contributed by atoms with van der Waals surface area (Å²) in [5.74, 6) is 0.362. The van der Waals surface area contributed by atoms with Crippen molar-refractivity contribution in [3.63, 3.8) is 0 Å². The number of thioether (sulfide) groups is 1. The Bertz CT molecular complexity index is 661. The van der Waals surface area contributed by atoms with Crippen molar-refractivity contribution in [2.24, 2.45) is 5.92 Å². The molecule has 2 saturated heterocycles. The van der Waals surface area contributed by atoms with Crippen LogP contribution in [0.5, 0.6) is 0 Å². The lowest BCUT2D eigenvalue weighted by atomic mass is 9.70. The smallest absolute Gasteiger partial charge is 0.157 e. The Morgan fingerprint density at radius 1 is 1.00 bits per heavy atom. The number of benzene rings is 2. The number of ether oxygens (including phenoxy) is 3. The van der Waals surface area contributed by atoms with Gasteiger partial charge in [-0.05, 0) is 43.1 Å². The molecule has 4 rings (SSSR count). The van der Waals surface area contributed by atoms with Crippen LogP contribution in [0.25, 0.3) is 0 Å². The number of hydrogen-bond donors (Lipinski definition) is 0. The first-order valence-electron chi connectivity index (χ1n) is 9.89. The van der Waals surface area contributed by atoms with E-state index in [1.807, 2.05) is 0 Å². The minimum Gasteiger partial charge on any atom is -0.353 e. The molecule has 4 heteroatoms. The molecule has 3 unspecified atom stereocenters. The molecule has 2 aromatic rings. The van der Waals surface area contributed by atoms with Gasteiger partial charge in [-0.1, -0.05) is 60.7 Å². The van der Waals surface area contributed by atoms with E-state index in [1.165, 1.54) is 17.5 Å². The minimum absolute atomic E-state index is 0.0321. The molecule has 2 heterocycles. The highest BCUT2D eigenvalue weighted by atomic mass is 32.2. The van der Waals surface area contributed by atoms with Crippen LogP contribution in [0.1, 0.15) is 36.8 Å². The van der Waals surface area contributed by atoms with Gasteiger partial charge in [-0.3, -0.25) is 0 Å². The second kappa shape index (κ2) is 8.78. The third-order valence-corrected chi connectivity index (χ3v) is 6.55. The topological polar surface area (TPSA) is 27.7 Å². The minimum atomic E-state index is -0.396. The van der Waals surface area contributed by atoms with Crippen molar-refractivity contribution < 1.29 is 14.2 Å². The molecule has 0 bridgehead atoms. The van der Waals surface area contributed by atoms with Crippen LogP contribution in [0, 0.1) is 5.92 Å². The Morgan fingerprint density at radius 2 is 1.67 bits per heavy atom. The average Bonchev–Trinajstić information content (AvgIpc) is 2.73. The molecule has 144 valence electrons. The zero-order valence-electron chi connectivity index (χ0n) is 15.9. The average molecular weight is 385 g/mol. The largest absolute Gasteiger partial charge is 0.353 e. The normalized spacial score (nSPS) is 27.1. The van der Waals surface area contributed by atoms with Gasteiger partial charge < -0.3 is 14.2 Å². The molecule has 2 fully saturated rings. The summed E-state index contributed by atoms with van der Waals surface area (Å²) in [6.07, 6.45) is 6.40. The zero-order valence-corrected chi connectivity index (χ0v) is 16.7. The summed E-state index contributed by atoms with van der Waals surface area (Å²) in [6.45, 7) is 1.53. The van der Waals surface area contributed by atoms with Crippen molar-refractivity contribution in [2.45, 2.75) is 43.0 Å². The van der Waals surface area contributed by atoms with Gasteiger partial charge in [0, 0.05) is 12.5 Å². The Kier molecular flexibility index (Phi) is 6.18. The summed E-state index contributed by atoms with van der Waals surface area (Å²) >= 11 is 1.79. The predicted molar refractivity (Wildman–Crippen MR) is 110 cm³/mol. The van der Waals surface area contributed by atoms with Gasteiger partial charge in [0.2, 0.25) is 0 Å². The second-order valence-corrected chi connectivity index (χ2v) is 8.19. The van der Waals surface area contributed by atoms with Crippen LogP contribution in [-0.2, 0) is 19.8 Å². The number of rotatable bonds is 7. The lowest BCUT2D eigenvalue weighted by molar-refractivity contribution is -0.220. The summed E-state index contributed by atoms with van der Waals surface area (Å²) in [7, 11) is 0. The summed E-state index contributed by atoms with van der Waals surface area (Å²) in [4.78, 5) is 0. The molecule has 27 heavy (non-hydrogen) atoms. The first kappa shape index (κ1) is 19.0. The van der Waals surface area contributed by atoms with E-state index < -0.39 is 5.60 Å². The van der Waals surface area contributed by atoms with E-state index in [2.05, 4.69) is 66.9 Å². The fourth-order valence-electron chi connectivity index (χ4n) is 4.30. The Hall–Kier alpha value is -1.33. The first-order valence-corrected chi connectivity index (χ1v) is 11.2. The molecule has 0 radical (unpaired) electrons. The van der Waals surface area contributed by atoms with Crippen LogP contribution in [0.4, 0.5) is 0 Å². The first-order chi connectivity index (χ1) is 13.3. The van der Waals surface area contributed by atoms with Crippen molar-refractivity contribution in [3.05, 3.63) is 71.8 Å². The molecular weight excluding hydrogens is 356 g/mol. The molecule has 0 amide bonds. The maximum atomic E-state index is 6.58. The maximum absolute atomic E-state index is 6.58. The Balaban J connectivity index is 1.56. The second-order valence-electron chi connectivity index (χ2n) is 7.25. The predicted octanol–water partition coefficient (Wildman–Crippen LogP) is 5.20. The Morgan fingerprint density at radius 3 is 2.22 bits per heavy atom. The van der Waals surface area contributed by atoms with Gasteiger partial charge in [0.15, 0.2) is 6.29 Å². The van der Waals surface area contributed by atoms with Gasteiger partial charge in [0.05, 0.1) is 6.61 Å². The maximum Gasteiger partial charge on any atom is 0.157 e.